The van der Waals surface area contributed by atoms with Crippen molar-refractivity contribution in [2.75, 3.05) is 11.5 Å². The van der Waals surface area contributed by atoms with E-state index in [4.69, 9.17) is 11.5 Å². The Balaban J connectivity index is 1.83. The molecule has 0 saturated heterocycles. The Hall–Kier alpha value is -2.56. The molecule has 102 valence electrons. The van der Waals surface area contributed by atoms with Gasteiger partial charge >= 0.3 is 0 Å². The van der Waals surface area contributed by atoms with E-state index in [-0.39, 0.29) is 0 Å². The summed E-state index contributed by atoms with van der Waals surface area (Å²) in [5, 5.41) is 0. The smallest absolute Gasteiger partial charge is 0.179 e. The zero-order valence-electron chi connectivity index (χ0n) is 11.3. The number of imidazole rings is 1. The van der Waals surface area contributed by atoms with Crippen LogP contribution in [0, 0.1) is 0 Å². The molecule has 0 fully saturated rings. The van der Waals surface area contributed by atoms with Crippen molar-refractivity contribution in [1.82, 2.24) is 15.0 Å². The van der Waals surface area contributed by atoms with Crippen molar-refractivity contribution in [1.29, 1.82) is 0 Å². The van der Waals surface area contributed by atoms with Gasteiger partial charge in [0.05, 0.1) is 5.52 Å². The first-order valence-corrected chi connectivity index (χ1v) is 6.58. The van der Waals surface area contributed by atoms with Gasteiger partial charge in [-0.05, 0) is 35.7 Å². The van der Waals surface area contributed by atoms with Gasteiger partial charge in [0.15, 0.2) is 5.65 Å². The molecule has 1 atom stereocenters. The van der Waals surface area contributed by atoms with Gasteiger partial charge in [-0.2, -0.15) is 0 Å². The number of nitrogen functional groups attached to an aromatic ring is 2. The summed E-state index contributed by atoms with van der Waals surface area (Å²) in [6, 6.07) is 11.6. The van der Waals surface area contributed by atoms with Crippen molar-refractivity contribution in [3.05, 3.63) is 47.8 Å². The number of aromatic amines is 1. The molecule has 0 bridgehead atoms. The van der Waals surface area contributed by atoms with Gasteiger partial charge in [-0.15, -0.1) is 0 Å². The summed E-state index contributed by atoms with van der Waals surface area (Å²) >= 11 is 0. The van der Waals surface area contributed by atoms with Gasteiger partial charge in [-0.3, -0.25) is 0 Å². The molecule has 3 rings (SSSR count). The minimum Gasteiger partial charge on any atom is -0.399 e. The number of fused-ring (bicyclic) bond motifs is 1. The van der Waals surface area contributed by atoms with Crippen molar-refractivity contribution in [2.24, 2.45) is 0 Å². The van der Waals surface area contributed by atoms with E-state index in [1.165, 1.54) is 5.56 Å². The number of nitrogens with one attached hydrogen (secondary N) is 1. The largest absolute Gasteiger partial charge is 0.399 e. The maximum Gasteiger partial charge on any atom is 0.179 e. The Morgan fingerprint density at radius 1 is 1.05 bits per heavy atom. The first-order chi connectivity index (χ1) is 9.61. The SMILES string of the molecule is CC(Cc1nc2nc(N)ccc2[nH]1)c1ccc(N)cc1. The molecule has 0 saturated carbocycles. The Bertz CT molecular complexity index is 730. The second-order valence-corrected chi connectivity index (χ2v) is 5.06. The quantitative estimate of drug-likeness (QED) is 0.635. The fourth-order valence-corrected chi connectivity index (χ4v) is 2.29. The molecule has 3 aromatic rings. The third kappa shape index (κ3) is 2.42. The fourth-order valence-electron chi connectivity index (χ4n) is 2.29. The van der Waals surface area contributed by atoms with Gasteiger partial charge in [-0.1, -0.05) is 19.1 Å². The number of hydrogen-bond acceptors (Lipinski definition) is 4. The number of anilines is 2. The normalized spacial score (nSPS) is 12.7. The Kier molecular flexibility index (Phi) is 3.02. The van der Waals surface area contributed by atoms with E-state index < -0.39 is 0 Å². The van der Waals surface area contributed by atoms with Gasteiger partial charge in [0.2, 0.25) is 0 Å². The molecule has 0 radical (unpaired) electrons. The molecule has 2 heterocycles. The Morgan fingerprint density at radius 3 is 2.55 bits per heavy atom. The van der Waals surface area contributed by atoms with E-state index in [1.54, 1.807) is 6.07 Å². The summed E-state index contributed by atoms with van der Waals surface area (Å²) in [4.78, 5) is 12.0. The molecule has 1 unspecified atom stereocenters. The highest BCUT2D eigenvalue weighted by Crippen LogP contribution is 2.21. The molecule has 0 aliphatic rings. The minimum atomic E-state index is 0.355. The highest BCUT2D eigenvalue weighted by atomic mass is 15.0. The molecule has 0 spiro atoms. The van der Waals surface area contributed by atoms with E-state index in [1.807, 2.05) is 18.2 Å². The second-order valence-electron chi connectivity index (χ2n) is 5.06. The molecular weight excluding hydrogens is 250 g/mol. The van der Waals surface area contributed by atoms with Crippen LogP contribution in [0.4, 0.5) is 11.5 Å². The van der Waals surface area contributed by atoms with Gasteiger partial charge in [0.1, 0.15) is 11.6 Å². The predicted octanol–water partition coefficient (Wildman–Crippen LogP) is 2.47. The van der Waals surface area contributed by atoms with Gasteiger partial charge < -0.3 is 16.5 Å². The molecule has 0 aliphatic carbocycles. The Morgan fingerprint density at radius 2 is 1.80 bits per heavy atom. The van der Waals surface area contributed by atoms with Crippen LogP contribution < -0.4 is 11.5 Å². The van der Waals surface area contributed by atoms with Crippen LogP contribution in [0.25, 0.3) is 11.2 Å². The lowest BCUT2D eigenvalue weighted by molar-refractivity contribution is 0.729. The van der Waals surface area contributed by atoms with Crippen LogP contribution in [0.2, 0.25) is 0 Å². The van der Waals surface area contributed by atoms with E-state index in [0.29, 0.717) is 17.4 Å². The topological polar surface area (TPSA) is 93.6 Å². The summed E-state index contributed by atoms with van der Waals surface area (Å²) in [6.07, 6.45) is 0.820. The molecule has 20 heavy (non-hydrogen) atoms. The summed E-state index contributed by atoms with van der Waals surface area (Å²) < 4.78 is 0. The number of rotatable bonds is 3. The minimum absolute atomic E-state index is 0.355. The number of pyridine rings is 1. The number of nitrogens with two attached hydrogens (primary N) is 2. The van der Waals surface area contributed by atoms with Gasteiger partial charge in [0.25, 0.3) is 0 Å². The second kappa shape index (κ2) is 4.85. The maximum absolute atomic E-state index is 5.71. The molecule has 5 nitrogen and oxygen atoms in total. The number of nitrogens with zero attached hydrogens (tertiary/aromatic N) is 2. The molecule has 2 aromatic heterocycles. The molecule has 5 N–H and O–H groups in total. The van der Waals surface area contributed by atoms with E-state index >= 15 is 0 Å². The van der Waals surface area contributed by atoms with E-state index in [2.05, 4.69) is 34.0 Å². The van der Waals surface area contributed by atoms with Crippen LogP contribution >= 0.6 is 0 Å². The number of benzene rings is 1. The lowest BCUT2D eigenvalue weighted by atomic mass is 9.97. The van der Waals surface area contributed by atoms with Crippen molar-refractivity contribution < 1.29 is 0 Å². The number of H-pyrrole nitrogens is 1. The summed E-state index contributed by atoms with van der Waals surface area (Å²) in [6.45, 7) is 2.17. The number of hydrogen-bond donors (Lipinski definition) is 3. The van der Waals surface area contributed by atoms with E-state index in [9.17, 15) is 0 Å². The lowest BCUT2D eigenvalue weighted by Crippen LogP contribution is -2.00. The van der Waals surface area contributed by atoms with Crippen LogP contribution in [0.15, 0.2) is 36.4 Å². The first kappa shape index (κ1) is 12.5. The first-order valence-electron chi connectivity index (χ1n) is 6.58. The fraction of sp³-hybridized carbons (Fsp3) is 0.200. The zero-order valence-corrected chi connectivity index (χ0v) is 11.3. The van der Waals surface area contributed by atoms with Crippen LogP contribution in [-0.2, 0) is 6.42 Å². The maximum atomic E-state index is 5.71. The van der Waals surface area contributed by atoms with Crippen LogP contribution in [0.3, 0.4) is 0 Å². The van der Waals surface area contributed by atoms with Gasteiger partial charge in [0, 0.05) is 12.1 Å². The summed E-state index contributed by atoms with van der Waals surface area (Å²) in [7, 11) is 0. The monoisotopic (exact) mass is 267 g/mol. The van der Waals surface area contributed by atoms with Gasteiger partial charge in [-0.25, -0.2) is 9.97 Å². The highest BCUT2D eigenvalue weighted by molar-refractivity contribution is 5.72. The molecule has 5 heteroatoms. The molecule has 1 aromatic carbocycles. The lowest BCUT2D eigenvalue weighted by Gasteiger charge is -2.10. The standard InChI is InChI=1S/C15H17N5/c1-9(10-2-4-11(16)5-3-10)8-14-18-12-6-7-13(17)19-15(12)20-14/h2-7,9H,8,16H2,1H3,(H3,17,18,19,20). The van der Waals surface area contributed by atoms with Crippen molar-refractivity contribution >= 4 is 22.7 Å². The van der Waals surface area contributed by atoms with Crippen molar-refractivity contribution in [3.63, 3.8) is 0 Å². The summed E-state index contributed by atoms with van der Waals surface area (Å²) in [5.41, 5.74) is 15.0. The van der Waals surface area contributed by atoms with E-state index in [0.717, 1.165) is 23.4 Å². The molecule has 0 aliphatic heterocycles. The summed E-state index contributed by atoms with van der Waals surface area (Å²) in [5.74, 6) is 1.76. The zero-order chi connectivity index (χ0) is 14.1. The van der Waals surface area contributed by atoms with Crippen LogP contribution in [-0.4, -0.2) is 15.0 Å². The molecule has 0 amide bonds. The average molecular weight is 267 g/mol. The third-order valence-corrected chi connectivity index (χ3v) is 3.42. The average Bonchev–Trinajstić information content (AvgIpc) is 2.80. The highest BCUT2D eigenvalue weighted by Gasteiger charge is 2.10. The third-order valence-electron chi connectivity index (χ3n) is 3.42. The number of aromatic nitrogens is 3. The van der Waals surface area contributed by atoms with Crippen LogP contribution in [0.5, 0.6) is 0 Å². The van der Waals surface area contributed by atoms with Crippen molar-refractivity contribution in [3.8, 4) is 0 Å². The van der Waals surface area contributed by atoms with Crippen LogP contribution in [0.1, 0.15) is 24.2 Å². The molecular formula is C15H17N5. The predicted molar refractivity (Wildman–Crippen MR) is 81.3 cm³/mol. The van der Waals surface area contributed by atoms with Crippen molar-refractivity contribution in [2.45, 2.75) is 19.3 Å². The Labute approximate surface area is 117 Å².